The van der Waals surface area contributed by atoms with Crippen molar-refractivity contribution in [3.8, 4) is 11.5 Å². The topological polar surface area (TPSA) is 128 Å². The van der Waals surface area contributed by atoms with Crippen molar-refractivity contribution in [2.24, 2.45) is 5.10 Å². The van der Waals surface area contributed by atoms with Gasteiger partial charge in [-0.15, -0.1) is 0 Å². The largest absolute Gasteiger partial charge is 0.493 e. The Morgan fingerprint density at radius 3 is 2.51 bits per heavy atom. The molecule has 0 unspecified atom stereocenters. The highest BCUT2D eigenvalue weighted by molar-refractivity contribution is 6.39. The van der Waals surface area contributed by atoms with Crippen LogP contribution in [0.5, 0.6) is 11.5 Å². The van der Waals surface area contributed by atoms with Gasteiger partial charge in [-0.3, -0.25) is 9.59 Å². The summed E-state index contributed by atoms with van der Waals surface area (Å²) in [6, 6.07) is 13.6. The second-order valence-corrected chi connectivity index (χ2v) is 7.43. The number of hydrogen-bond acceptors (Lipinski definition) is 8. The monoisotopic (exact) mass is 479 g/mol. The first-order chi connectivity index (χ1) is 16.8. The molecular formula is C25H25N3O7. The molecule has 0 radical (unpaired) electrons. The number of hydrazone groups is 1. The number of amides is 2. The van der Waals surface area contributed by atoms with E-state index in [0.29, 0.717) is 28.5 Å². The Bertz CT molecular complexity index is 1260. The number of anilines is 1. The molecule has 182 valence electrons. The zero-order valence-corrected chi connectivity index (χ0v) is 19.7. The molecule has 0 saturated heterocycles. The molecule has 3 rings (SSSR count). The van der Waals surface area contributed by atoms with Gasteiger partial charge in [0, 0.05) is 5.69 Å². The van der Waals surface area contributed by atoms with Crippen LogP contribution in [0.25, 0.3) is 0 Å². The van der Waals surface area contributed by atoms with E-state index in [2.05, 4.69) is 20.6 Å². The van der Waals surface area contributed by atoms with Gasteiger partial charge in [-0.25, -0.2) is 10.2 Å². The highest BCUT2D eigenvalue weighted by Gasteiger charge is 2.15. The van der Waals surface area contributed by atoms with E-state index in [1.54, 1.807) is 30.3 Å². The van der Waals surface area contributed by atoms with Gasteiger partial charge in [0.25, 0.3) is 0 Å². The molecule has 2 amide bonds. The van der Waals surface area contributed by atoms with Crippen molar-refractivity contribution in [3.05, 3.63) is 76.7 Å². The molecule has 1 heterocycles. The van der Waals surface area contributed by atoms with Crippen LogP contribution < -0.4 is 20.2 Å². The van der Waals surface area contributed by atoms with E-state index in [1.807, 2.05) is 26.0 Å². The molecule has 3 aromatic rings. The van der Waals surface area contributed by atoms with Gasteiger partial charge < -0.3 is 23.9 Å². The normalized spacial score (nSPS) is 10.6. The summed E-state index contributed by atoms with van der Waals surface area (Å²) in [7, 11) is 2.74. The van der Waals surface area contributed by atoms with Gasteiger partial charge in [0.1, 0.15) is 12.4 Å². The number of rotatable bonds is 8. The summed E-state index contributed by atoms with van der Waals surface area (Å²) in [6.45, 7) is 3.79. The van der Waals surface area contributed by atoms with E-state index in [9.17, 15) is 14.4 Å². The smallest absolute Gasteiger partial charge is 0.373 e. The summed E-state index contributed by atoms with van der Waals surface area (Å²) in [5.74, 6) is -0.962. The molecule has 0 saturated carbocycles. The van der Waals surface area contributed by atoms with Crippen LogP contribution in [0.2, 0.25) is 0 Å². The maximum Gasteiger partial charge on any atom is 0.373 e. The summed E-state index contributed by atoms with van der Waals surface area (Å²) >= 11 is 0. The van der Waals surface area contributed by atoms with Crippen LogP contribution >= 0.6 is 0 Å². The molecule has 2 aromatic carbocycles. The van der Waals surface area contributed by atoms with E-state index < -0.39 is 17.8 Å². The van der Waals surface area contributed by atoms with Crippen LogP contribution in [-0.4, -0.2) is 38.2 Å². The SMILES string of the molecule is COC(=O)c1ccc(COc2ccc(C=NNC(=O)C(=O)Nc3cc(C)ccc3C)cc2OC)o1. The third-order valence-electron chi connectivity index (χ3n) is 4.83. The van der Waals surface area contributed by atoms with E-state index in [0.717, 1.165) is 11.1 Å². The van der Waals surface area contributed by atoms with Crippen molar-refractivity contribution in [2.45, 2.75) is 20.5 Å². The average Bonchev–Trinajstić information content (AvgIpc) is 3.33. The molecule has 10 heteroatoms. The minimum Gasteiger partial charge on any atom is -0.493 e. The number of carbonyl (C=O) groups excluding carboxylic acids is 3. The van der Waals surface area contributed by atoms with Gasteiger partial charge in [-0.2, -0.15) is 5.10 Å². The molecule has 0 aliphatic carbocycles. The van der Waals surface area contributed by atoms with Crippen LogP contribution in [0.3, 0.4) is 0 Å². The zero-order chi connectivity index (χ0) is 25.4. The number of nitrogens with one attached hydrogen (secondary N) is 2. The fraction of sp³-hybridized carbons (Fsp3) is 0.200. The molecule has 0 atom stereocenters. The number of benzene rings is 2. The molecule has 0 aliphatic heterocycles. The summed E-state index contributed by atoms with van der Waals surface area (Å²) in [5, 5.41) is 6.40. The maximum absolute atomic E-state index is 12.1. The molecule has 2 N–H and O–H groups in total. The fourth-order valence-electron chi connectivity index (χ4n) is 2.96. The van der Waals surface area contributed by atoms with Gasteiger partial charge in [-0.05, 0) is 66.9 Å². The number of ether oxygens (including phenoxy) is 3. The first kappa shape index (κ1) is 25.0. The number of carbonyl (C=O) groups is 3. The van der Waals surface area contributed by atoms with E-state index in [-0.39, 0.29) is 12.4 Å². The number of esters is 1. The van der Waals surface area contributed by atoms with E-state index >= 15 is 0 Å². The first-order valence-electron chi connectivity index (χ1n) is 10.5. The van der Waals surface area contributed by atoms with Crippen molar-refractivity contribution in [3.63, 3.8) is 0 Å². The quantitative estimate of drug-likeness (QED) is 0.219. The van der Waals surface area contributed by atoms with Crippen molar-refractivity contribution in [1.82, 2.24) is 5.43 Å². The Morgan fingerprint density at radius 2 is 1.77 bits per heavy atom. The molecule has 10 nitrogen and oxygen atoms in total. The molecule has 0 bridgehead atoms. The number of methoxy groups -OCH3 is 2. The summed E-state index contributed by atoms with van der Waals surface area (Å²) < 4.78 is 21.0. The van der Waals surface area contributed by atoms with Crippen LogP contribution in [0.15, 0.2) is 58.0 Å². The molecule has 0 aliphatic rings. The van der Waals surface area contributed by atoms with Crippen molar-refractivity contribution in [2.75, 3.05) is 19.5 Å². The van der Waals surface area contributed by atoms with Gasteiger partial charge >= 0.3 is 17.8 Å². The van der Waals surface area contributed by atoms with Gasteiger partial charge in [0.15, 0.2) is 11.5 Å². The van der Waals surface area contributed by atoms with Crippen LogP contribution in [-0.2, 0) is 20.9 Å². The fourth-order valence-corrected chi connectivity index (χ4v) is 2.96. The molecule has 0 fully saturated rings. The lowest BCUT2D eigenvalue weighted by Crippen LogP contribution is -2.32. The number of nitrogens with zero attached hydrogens (tertiary/aromatic N) is 1. The Morgan fingerprint density at radius 1 is 0.971 bits per heavy atom. The average molecular weight is 479 g/mol. The summed E-state index contributed by atoms with van der Waals surface area (Å²) in [5.41, 5.74) is 5.15. The Hall–Kier alpha value is -4.60. The standard InChI is InChI=1S/C25H25N3O7/c1-15-5-6-16(2)19(11-15)27-23(29)24(30)28-26-13-17-7-9-20(22(12-17)32-3)34-14-18-8-10-21(35-18)25(31)33-4/h5-13H,14H2,1-4H3,(H,27,29)(H,28,30). The number of hydrogen-bond donors (Lipinski definition) is 2. The highest BCUT2D eigenvalue weighted by atomic mass is 16.5. The van der Waals surface area contributed by atoms with Gasteiger partial charge in [-0.1, -0.05) is 12.1 Å². The Labute approximate surface area is 201 Å². The lowest BCUT2D eigenvalue weighted by molar-refractivity contribution is -0.136. The van der Waals surface area contributed by atoms with Crippen LogP contribution in [0.1, 0.15) is 33.0 Å². The van der Waals surface area contributed by atoms with Crippen molar-refractivity contribution < 1.29 is 33.0 Å². The molecular weight excluding hydrogens is 454 g/mol. The Kier molecular flexibility index (Phi) is 8.23. The lowest BCUT2D eigenvalue weighted by Gasteiger charge is -2.10. The number of aryl methyl sites for hydroxylation is 2. The maximum atomic E-state index is 12.1. The third kappa shape index (κ3) is 6.70. The second-order valence-electron chi connectivity index (χ2n) is 7.43. The van der Waals surface area contributed by atoms with Gasteiger partial charge in [0.2, 0.25) is 5.76 Å². The molecule has 1 aromatic heterocycles. The van der Waals surface area contributed by atoms with E-state index in [4.69, 9.17) is 13.9 Å². The number of furan rings is 1. The van der Waals surface area contributed by atoms with Crippen LogP contribution in [0, 0.1) is 13.8 Å². The second kappa shape index (κ2) is 11.5. The minimum absolute atomic E-state index is 0.0619. The van der Waals surface area contributed by atoms with Crippen molar-refractivity contribution in [1.29, 1.82) is 0 Å². The predicted octanol–water partition coefficient (Wildman–Crippen LogP) is 3.36. The third-order valence-corrected chi connectivity index (χ3v) is 4.83. The van der Waals surface area contributed by atoms with Gasteiger partial charge in [0.05, 0.1) is 20.4 Å². The minimum atomic E-state index is -0.904. The summed E-state index contributed by atoms with van der Waals surface area (Å²) in [4.78, 5) is 35.7. The van der Waals surface area contributed by atoms with Crippen molar-refractivity contribution >= 4 is 29.7 Å². The first-order valence-corrected chi connectivity index (χ1v) is 10.5. The Balaban J connectivity index is 1.57. The molecule has 35 heavy (non-hydrogen) atoms. The van der Waals surface area contributed by atoms with Crippen LogP contribution in [0.4, 0.5) is 5.69 Å². The van der Waals surface area contributed by atoms with E-state index in [1.165, 1.54) is 26.5 Å². The zero-order valence-electron chi connectivity index (χ0n) is 19.7. The predicted molar refractivity (Wildman–Crippen MR) is 128 cm³/mol. The highest BCUT2D eigenvalue weighted by Crippen LogP contribution is 2.28. The molecule has 0 spiro atoms. The lowest BCUT2D eigenvalue weighted by atomic mass is 10.1. The summed E-state index contributed by atoms with van der Waals surface area (Å²) in [6.07, 6.45) is 1.37.